The van der Waals surface area contributed by atoms with Gasteiger partial charge in [-0.25, -0.2) is 19.2 Å². The van der Waals surface area contributed by atoms with Crippen LogP contribution in [0.5, 0.6) is 11.5 Å². The summed E-state index contributed by atoms with van der Waals surface area (Å²) in [4.78, 5) is 47.4. The molecule has 0 radical (unpaired) electrons. The zero-order chi connectivity index (χ0) is 41.5. The molecule has 1 saturated carbocycles. The van der Waals surface area contributed by atoms with E-state index in [1.807, 2.05) is 60.7 Å². The molecule has 2 aromatic carbocycles. The van der Waals surface area contributed by atoms with Gasteiger partial charge in [-0.15, -0.1) is 0 Å². The molecule has 2 amide bonds. The predicted molar refractivity (Wildman–Crippen MR) is 218 cm³/mol. The molecule has 1 fully saturated rings. The molecular weight excluding hydrogens is 748 g/mol. The van der Waals surface area contributed by atoms with Crippen LogP contribution in [-0.4, -0.2) is 102 Å². The maximum Gasteiger partial charge on any atom is 0.407 e. The number of esters is 2. The Morgan fingerprint density at radius 3 is 1.34 bits per heavy atom. The molecule has 2 aromatic rings. The van der Waals surface area contributed by atoms with Gasteiger partial charge in [-0.1, -0.05) is 49.6 Å². The van der Waals surface area contributed by atoms with E-state index in [0.717, 1.165) is 50.7 Å². The molecule has 2 N–H and O–H groups in total. The van der Waals surface area contributed by atoms with Gasteiger partial charge >= 0.3 is 24.1 Å². The van der Waals surface area contributed by atoms with E-state index in [2.05, 4.69) is 23.8 Å². The number of alkyl carbamates (subject to hydrolysis) is 2. The van der Waals surface area contributed by atoms with Gasteiger partial charge in [-0.3, -0.25) is 0 Å². The second-order valence-corrected chi connectivity index (χ2v) is 14.0. The van der Waals surface area contributed by atoms with Crippen molar-refractivity contribution in [2.75, 3.05) is 65.9 Å². The van der Waals surface area contributed by atoms with Gasteiger partial charge in [0.1, 0.15) is 24.7 Å². The van der Waals surface area contributed by atoms with E-state index in [4.69, 9.17) is 37.9 Å². The summed E-state index contributed by atoms with van der Waals surface area (Å²) < 4.78 is 45.2. The van der Waals surface area contributed by atoms with Gasteiger partial charge in [0.25, 0.3) is 0 Å². The third-order valence-corrected chi connectivity index (χ3v) is 9.19. The second-order valence-electron chi connectivity index (χ2n) is 14.0. The highest BCUT2D eigenvalue weighted by Gasteiger charge is 2.24. The quantitative estimate of drug-likeness (QED) is 0.0361. The van der Waals surface area contributed by atoms with Crippen LogP contribution in [0.3, 0.4) is 0 Å². The largest absolute Gasteiger partial charge is 0.490 e. The summed E-state index contributed by atoms with van der Waals surface area (Å²) in [7, 11) is 0. The van der Waals surface area contributed by atoms with Gasteiger partial charge in [-0.05, 0) is 100 Å². The van der Waals surface area contributed by atoms with Crippen LogP contribution in [0.1, 0.15) is 64.2 Å². The van der Waals surface area contributed by atoms with Crippen molar-refractivity contribution in [3.05, 3.63) is 86.0 Å². The van der Waals surface area contributed by atoms with E-state index in [-0.39, 0.29) is 26.4 Å². The average molecular weight is 811 g/mol. The van der Waals surface area contributed by atoms with Gasteiger partial charge in [0, 0.05) is 38.5 Å². The van der Waals surface area contributed by atoms with Crippen LogP contribution in [0.2, 0.25) is 0 Å². The van der Waals surface area contributed by atoms with E-state index >= 15 is 0 Å². The second kappa shape index (κ2) is 30.1. The van der Waals surface area contributed by atoms with Crippen LogP contribution in [-0.2, 0) is 38.0 Å². The van der Waals surface area contributed by atoms with Crippen molar-refractivity contribution >= 4 is 24.1 Å². The summed E-state index contributed by atoms with van der Waals surface area (Å²) in [5.74, 6) is 1.20. The third kappa shape index (κ3) is 22.6. The molecule has 0 aliphatic heterocycles. The van der Waals surface area contributed by atoms with Crippen molar-refractivity contribution in [1.29, 1.82) is 0 Å². The highest BCUT2D eigenvalue weighted by atomic mass is 16.6. The highest BCUT2D eigenvalue weighted by molar-refractivity contribution is 5.81. The maximum absolute atomic E-state index is 12.6. The fourth-order valence-corrected chi connectivity index (χ4v) is 5.98. The molecule has 14 nitrogen and oxygen atoms in total. The van der Waals surface area contributed by atoms with Gasteiger partial charge in [-0.2, -0.15) is 0 Å². The molecular formula is C44H62N2O12. The number of hydrogen-bond donors (Lipinski definition) is 2. The van der Waals surface area contributed by atoms with Crippen molar-refractivity contribution < 1.29 is 57.1 Å². The monoisotopic (exact) mass is 810 g/mol. The Balaban J connectivity index is 1.34. The summed E-state index contributed by atoms with van der Waals surface area (Å²) in [5.41, 5.74) is 0. The molecule has 14 heteroatoms. The Morgan fingerprint density at radius 1 is 0.569 bits per heavy atom. The van der Waals surface area contributed by atoms with E-state index in [1.54, 1.807) is 0 Å². The minimum absolute atomic E-state index is 0.148. The van der Waals surface area contributed by atoms with Crippen molar-refractivity contribution in [3.63, 3.8) is 0 Å². The number of carbonyl (C=O) groups is 4. The fraction of sp³-hybridized carbons (Fsp3) is 0.545. The molecule has 0 aromatic heterocycles. The molecule has 0 saturated heterocycles. The molecule has 2 unspecified atom stereocenters. The summed E-state index contributed by atoms with van der Waals surface area (Å²) in [6.07, 6.45) is 8.25. The van der Waals surface area contributed by atoms with Crippen molar-refractivity contribution in [1.82, 2.24) is 10.6 Å². The average Bonchev–Trinajstić information content (AvgIpc) is 3.24. The number of rotatable bonds is 30. The van der Waals surface area contributed by atoms with E-state index in [0.29, 0.717) is 88.5 Å². The maximum atomic E-state index is 12.6. The Kier molecular flexibility index (Phi) is 24.5. The number of benzene rings is 2. The predicted octanol–water partition coefficient (Wildman–Crippen LogP) is 6.97. The minimum atomic E-state index is -0.605. The van der Waals surface area contributed by atoms with E-state index in [1.165, 1.54) is 0 Å². The number of nitrogens with one attached hydrogen (secondary N) is 2. The minimum Gasteiger partial charge on any atom is -0.490 e. The lowest BCUT2D eigenvalue weighted by Gasteiger charge is -2.29. The number of unbranched alkanes of at least 4 members (excludes halogenated alkanes) is 4. The zero-order valence-electron chi connectivity index (χ0n) is 33.7. The van der Waals surface area contributed by atoms with Crippen LogP contribution in [0.4, 0.5) is 9.59 Å². The SMILES string of the molecule is C=CC(=O)OCCCCCNC(=O)OC(COCC1CCC(COCC(COc2ccccc2)OC(=O)NCCCCCOC(=O)C=C)CC1)COc1ccccc1. The molecule has 0 bridgehead atoms. The van der Waals surface area contributed by atoms with Crippen LogP contribution in [0.15, 0.2) is 86.0 Å². The number of ether oxygens (including phenoxy) is 8. The molecule has 0 heterocycles. The van der Waals surface area contributed by atoms with Crippen LogP contribution in [0, 0.1) is 11.8 Å². The molecule has 1 aliphatic rings. The molecule has 1 aliphatic carbocycles. The van der Waals surface area contributed by atoms with Gasteiger partial charge in [0.15, 0.2) is 12.2 Å². The van der Waals surface area contributed by atoms with Gasteiger partial charge in [0.05, 0.1) is 26.4 Å². The van der Waals surface area contributed by atoms with E-state index < -0.39 is 36.3 Å². The number of amides is 2. The molecule has 3 rings (SSSR count). The molecule has 0 spiro atoms. The Hall–Kier alpha value is -5.08. The highest BCUT2D eigenvalue weighted by Crippen LogP contribution is 2.29. The van der Waals surface area contributed by atoms with Gasteiger partial charge < -0.3 is 48.5 Å². The first-order chi connectivity index (χ1) is 28.3. The molecule has 58 heavy (non-hydrogen) atoms. The van der Waals surface area contributed by atoms with E-state index in [9.17, 15) is 19.2 Å². The summed E-state index contributed by atoms with van der Waals surface area (Å²) in [6, 6.07) is 18.7. The number of para-hydroxylation sites is 2. The number of carbonyl (C=O) groups excluding carboxylic acids is 4. The lowest BCUT2D eigenvalue weighted by atomic mass is 9.83. The zero-order valence-corrected chi connectivity index (χ0v) is 33.7. The fourth-order valence-electron chi connectivity index (χ4n) is 5.98. The third-order valence-electron chi connectivity index (χ3n) is 9.19. The van der Waals surface area contributed by atoms with Crippen LogP contribution < -0.4 is 20.1 Å². The standard InChI is InChI=1S/C44H62N2O12/c1-3-41(47)53-27-15-7-13-25-45-43(49)57-39(33-55-37-17-9-5-10-18-37)31-51-29-35-21-23-36(24-22-35)30-52-32-40(34-56-38-19-11-6-12-20-38)58-44(50)46-26-14-8-16-28-54-42(48)4-2/h3-6,9-12,17-20,35-36,39-40H,1-2,7-8,13-16,21-34H2,(H,45,49)(H,46,50). The Morgan fingerprint density at radius 2 is 0.966 bits per heavy atom. The van der Waals surface area contributed by atoms with Gasteiger partial charge in [0.2, 0.25) is 0 Å². The first-order valence-electron chi connectivity index (χ1n) is 20.3. The van der Waals surface area contributed by atoms with Crippen molar-refractivity contribution in [2.45, 2.75) is 76.4 Å². The molecule has 2 atom stereocenters. The first-order valence-corrected chi connectivity index (χ1v) is 20.3. The lowest BCUT2D eigenvalue weighted by Crippen LogP contribution is -2.36. The first kappa shape index (κ1) is 47.3. The van der Waals surface area contributed by atoms with Crippen LogP contribution in [0.25, 0.3) is 0 Å². The van der Waals surface area contributed by atoms with Crippen LogP contribution >= 0.6 is 0 Å². The smallest absolute Gasteiger partial charge is 0.407 e. The summed E-state index contributed by atoms with van der Waals surface area (Å²) >= 11 is 0. The number of hydrogen-bond acceptors (Lipinski definition) is 12. The van der Waals surface area contributed by atoms with Crippen molar-refractivity contribution in [3.8, 4) is 11.5 Å². The lowest BCUT2D eigenvalue weighted by molar-refractivity contribution is -0.138. The Bertz CT molecular complexity index is 1340. The molecule has 320 valence electrons. The summed E-state index contributed by atoms with van der Waals surface area (Å²) in [5, 5.41) is 5.55. The Labute approximate surface area is 342 Å². The van der Waals surface area contributed by atoms with Crippen molar-refractivity contribution in [2.24, 2.45) is 11.8 Å². The normalized spacial score (nSPS) is 15.8. The summed E-state index contributed by atoms with van der Waals surface area (Å²) in [6.45, 7) is 10.0. The topological polar surface area (TPSA) is 166 Å².